The van der Waals surface area contributed by atoms with E-state index in [9.17, 15) is 0 Å². The van der Waals surface area contributed by atoms with Crippen LogP contribution < -0.4 is 0 Å². The lowest BCUT2D eigenvalue weighted by atomic mass is 10.2. The lowest BCUT2D eigenvalue weighted by molar-refractivity contribution is -0.877. The number of benzene rings is 1. The molecule has 0 radical (unpaired) electrons. The van der Waals surface area contributed by atoms with Crippen LogP contribution in [0.25, 0.3) is 0 Å². The Labute approximate surface area is 88.7 Å². The predicted molar refractivity (Wildman–Crippen MR) is 59.0 cm³/mol. The molecule has 0 N–H and O–H groups in total. The molecule has 2 nitrogen and oxygen atoms in total. The zero-order valence-electron chi connectivity index (χ0n) is 8.02. The fourth-order valence-electron chi connectivity index (χ4n) is 1.52. The van der Waals surface area contributed by atoms with Crippen LogP contribution in [-0.4, -0.2) is 17.9 Å². The third-order valence-corrected chi connectivity index (χ3v) is 2.64. The zero-order chi connectivity index (χ0) is 10.0. The van der Waals surface area contributed by atoms with Gasteiger partial charge in [-0.3, -0.25) is 0 Å². The van der Waals surface area contributed by atoms with Crippen molar-refractivity contribution in [3.63, 3.8) is 0 Å². The topological polar surface area (TPSA) is 12.4 Å². The van der Waals surface area contributed by atoms with Gasteiger partial charge in [0.1, 0.15) is 12.7 Å². The van der Waals surface area contributed by atoms with Gasteiger partial charge in [-0.15, -0.1) is 0 Å². The van der Waals surface area contributed by atoms with Gasteiger partial charge in [-0.25, -0.2) is 0 Å². The van der Waals surface area contributed by atoms with Gasteiger partial charge in [-0.05, 0) is 6.07 Å². The van der Waals surface area contributed by atoms with Crippen LogP contribution in [0.15, 0.2) is 41.6 Å². The summed E-state index contributed by atoms with van der Waals surface area (Å²) in [6.07, 6.45) is 5.82. The average Bonchev–Trinajstić information content (AvgIpc) is 2.57. The molecule has 0 aromatic heterocycles. The summed E-state index contributed by atoms with van der Waals surface area (Å²) in [5.74, 6) is 0. The van der Waals surface area contributed by atoms with Crippen molar-refractivity contribution in [3.05, 3.63) is 47.1 Å². The molecule has 0 spiro atoms. The first-order valence-corrected chi connectivity index (χ1v) is 4.89. The summed E-state index contributed by atoms with van der Waals surface area (Å²) in [5.41, 5.74) is 1.13. The van der Waals surface area contributed by atoms with E-state index in [0.717, 1.165) is 17.1 Å². The van der Waals surface area contributed by atoms with Crippen LogP contribution in [0.5, 0.6) is 0 Å². The molecule has 72 valence electrons. The molecule has 0 aliphatic carbocycles. The Morgan fingerprint density at radius 3 is 2.79 bits per heavy atom. The van der Waals surface area contributed by atoms with Crippen LogP contribution in [0.1, 0.15) is 5.56 Å². The quantitative estimate of drug-likeness (QED) is 0.662. The first kappa shape index (κ1) is 9.44. The summed E-state index contributed by atoms with van der Waals surface area (Å²) in [6.45, 7) is 0.798. The maximum Gasteiger partial charge on any atom is 0.134 e. The molecule has 3 heteroatoms. The van der Waals surface area contributed by atoms with Gasteiger partial charge in [-0.1, -0.05) is 34.9 Å². The SMILES string of the molecule is C[N+]1(Cc2ccccc2Cl)C=CC=N1. The molecular formula is C11H12ClN2+. The third kappa shape index (κ3) is 1.86. The van der Waals surface area contributed by atoms with Crippen molar-refractivity contribution >= 4 is 17.8 Å². The molecule has 1 heterocycles. The summed E-state index contributed by atoms with van der Waals surface area (Å²) < 4.78 is 0.545. The predicted octanol–water partition coefficient (Wildman–Crippen LogP) is 2.80. The molecule has 1 aliphatic heterocycles. The Kier molecular flexibility index (Phi) is 2.40. The van der Waals surface area contributed by atoms with Crippen molar-refractivity contribution in [2.75, 3.05) is 7.05 Å². The van der Waals surface area contributed by atoms with Crippen LogP contribution in [0.2, 0.25) is 5.02 Å². The number of hydrogen-bond donors (Lipinski definition) is 0. The summed E-state index contributed by atoms with van der Waals surface area (Å²) in [7, 11) is 2.04. The third-order valence-electron chi connectivity index (χ3n) is 2.27. The molecule has 2 rings (SSSR count). The van der Waals surface area contributed by atoms with E-state index >= 15 is 0 Å². The minimum Gasteiger partial charge on any atom is -0.171 e. The molecule has 1 aliphatic rings. The Morgan fingerprint density at radius 2 is 2.14 bits per heavy atom. The number of hydrogen-bond acceptors (Lipinski definition) is 1. The minimum absolute atomic E-state index is 0.545. The van der Waals surface area contributed by atoms with Crippen LogP contribution in [0.4, 0.5) is 0 Å². The lowest BCUT2D eigenvalue weighted by Gasteiger charge is -2.20. The van der Waals surface area contributed by atoms with Gasteiger partial charge in [-0.2, -0.15) is 4.59 Å². The smallest absolute Gasteiger partial charge is 0.134 e. The van der Waals surface area contributed by atoms with E-state index in [-0.39, 0.29) is 0 Å². The van der Waals surface area contributed by atoms with Crippen molar-refractivity contribution in [3.8, 4) is 0 Å². The Bertz CT molecular complexity index is 384. The second-order valence-electron chi connectivity index (χ2n) is 3.57. The number of nitrogens with zero attached hydrogens (tertiary/aromatic N) is 2. The van der Waals surface area contributed by atoms with Gasteiger partial charge in [0.05, 0.1) is 13.3 Å². The van der Waals surface area contributed by atoms with E-state index in [1.165, 1.54) is 0 Å². The maximum absolute atomic E-state index is 6.08. The number of rotatable bonds is 2. The molecule has 0 fully saturated rings. The molecule has 1 unspecified atom stereocenters. The highest BCUT2D eigenvalue weighted by Crippen LogP contribution is 2.22. The van der Waals surface area contributed by atoms with Gasteiger partial charge < -0.3 is 0 Å². The molecule has 1 atom stereocenters. The Morgan fingerprint density at radius 1 is 1.36 bits per heavy atom. The first-order chi connectivity index (χ1) is 6.70. The van der Waals surface area contributed by atoms with Crippen molar-refractivity contribution in [1.82, 2.24) is 0 Å². The molecule has 0 saturated carbocycles. The fraction of sp³-hybridized carbons (Fsp3) is 0.182. The van der Waals surface area contributed by atoms with Gasteiger partial charge in [0, 0.05) is 16.7 Å². The molecule has 1 aromatic carbocycles. The largest absolute Gasteiger partial charge is 0.171 e. The van der Waals surface area contributed by atoms with Gasteiger partial charge in [0.25, 0.3) is 0 Å². The number of allylic oxidation sites excluding steroid dienone is 1. The second kappa shape index (κ2) is 3.56. The van der Waals surface area contributed by atoms with Crippen LogP contribution in [0.3, 0.4) is 0 Å². The zero-order valence-corrected chi connectivity index (χ0v) is 8.78. The molecule has 0 amide bonds. The summed E-state index contributed by atoms with van der Waals surface area (Å²) in [5, 5.41) is 5.15. The Balaban J connectivity index is 2.23. The van der Waals surface area contributed by atoms with Crippen LogP contribution >= 0.6 is 11.6 Å². The summed E-state index contributed by atoms with van der Waals surface area (Å²) >= 11 is 6.08. The molecule has 0 saturated heterocycles. The Hall–Kier alpha value is -1.12. The summed E-state index contributed by atoms with van der Waals surface area (Å²) in [6, 6.07) is 7.88. The molecule has 1 aromatic rings. The van der Waals surface area contributed by atoms with Gasteiger partial charge >= 0.3 is 0 Å². The highest BCUT2D eigenvalue weighted by molar-refractivity contribution is 6.31. The lowest BCUT2D eigenvalue weighted by Crippen LogP contribution is -2.29. The van der Waals surface area contributed by atoms with Crippen molar-refractivity contribution in [1.29, 1.82) is 0 Å². The number of quaternary nitrogens is 1. The molecular weight excluding hydrogens is 196 g/mol. The van der Waals surface area contributed by atoms with E-state index in [4.69, 9.17) is 11.6 Å². The van der Waals surface area contributed by atoms with E-state index < -0.39 is 0 Å². The first-order valence-electron chi connectivity index (χ1n) is 4.52. The minimum atomic E-state index is 0.545. The van der Waals surface area contributed by atoms with E-state index in [1.54, 1.807) is 0 Å². The van der Waals surface area contributed by atoms with Gasteiger partial charge in [0.2, 0.25) is 0 Å². The highest BCUT2D eigenvalue weighted by atomic mass is 35.5. The van der Waals surface area contributed by atoms with Crippen LogP contribution in [-0.2, 0) is 6.54 Å². The van der Waals surface area contributed by atoms with Gasteiger partial charge in [0.15, 0.2) is 0 Å². The van der Waals surface area contributed by atoms with E-state index in [1.807, 2.05) is 49.8 Å². The van der Waals surface area contributed by atoms with Crippen molar-refractivity contribution in [2.24, 2.45) is 5.10 Å². The van der Waals surface area contributed by atoms with E-state index in [2.05, 4.69) is 5.10 Å². The van der Waals surface area contributed by atoms with Crippen molar-refractivity contribution < 1.29 is 4.59 Å². The monoisotopic (exact) mass is 207 g/mol. The maximum atomic E-state index is 6.08. The standard InChI is InChI=1S/C11H12ClN2/c1-14(8-4-7-13-14)9-10-5-2-3-6-11(10)12/h2-8H,9H2,1H3/q+1. The van der Waals surface area contributed by atoms with Crippen LogP contribution in [0, 0.1) is 0 Å². The summed E-state index contributed by atoms with van der Waals surface area (Å²) in [4.78, 5) is 0. The highest BCUT2D eigenvalue weighted by Gasteiger charge is 2.21. The van der Waals surface area contributed by atoms with E-state index in [0.29, 0.717) is 4.59 Å². The average molecular weight is 208 g/mol. The van der Waals surface area contributed by atoms with Crippen molar-refractivity contribution in [2.45, 2.75) is 6.54 Å². The molecule has 0 bridgehead atoms. The normalized spacial score (nSPS) is 24.4. The fourth-order valence-corrected chi connectivity index (χ4v) is 1.71. The second-order valence-corrected chi connectivity index (χ2v) is 3.98. The molecule has 14 heavy (non-hydrogen) atoms. The number of halogens is 1.